The molecule has 0 radical (unpaired) electrons. The monoisotopic (exact) mass is 349 g/mol. The summed E-state index contributed by atoms with van der Waals surface area (Å²) in [7, 11) is 0. The Bertz CT molecular complexity index is 659. The molecule has 0 saturated carbocycles. The van der Waals surface area contributed by atoms with Gasteiger partial charge in [-0.1, -0.05) is 32.9 Å². The molecule has 21 heavy (non-hydrogen) atoms. The number of carbonyl (C=O) groups is 1. The number of nitrogens with one attached hydrogen (secondary N) is 1. The van der Waals surface area contributed by atoms with Crippen LogP contribution in [0.2, 0.25) is 0 Å². The van der Waals surface area contributed by atoms with Gasteiger partial charge in [0.1, 0.15) is 5.82 Å². The Kier molecular flexibility index (Phi) is 4.47. The lowest BCUT2D eigenvalue weighted by Crippen LogP contribution is -2.13. The summed E-state index contributed by atoms with van der Waals surface area (Å²) in [6, 6.07) is 12.0. The van der Waals surface area contributed by atoms with Gasteiger partial charge in [-0.15, -0.1) is 0 Å². The first-order chi connectivity index (χ1) is 9.77. The predicted molar refractivity (Wildman–Crippen MR) is 87.2 cm³/mol. The second-order valence-electron chi connectivity index (χ2n) is 5.91. The first-order valence-corrected chi connectivity index (χ1v) is 7.43. The van der Waals surface area contributed by atoms with Crippen LogP contribution in [0.1, 0.15) is 36.7 Å². The van der Waals surface area contributed by atoms with Gasteiger partial charge in [-0.25, -0.2) is 4.39 Å². The van der Waals surface area contributed by atoms with Gasteiger partial charge in [0.05, 0.1) is 4.47 Å². The molecule has 2 aromatic rings. The van der Waals surface area contributed by atoms with Gasteiger partial charge in [0.2, 0.25) is 0 Å². The minimum absolute atomic E-state index is 0.0668. The average molecular weight is 350 g/mol. The van der Waals surface area contributed by atoms with Crippen LogP contribution in [0.15, 0.2) is 46.9 Å². The van der Waals surface area contributed by atoms with Gasteiger partial charge in [0, 0.05) is 11.3 Å². The predicted octanol–water partition coefficient (Wildman–Crippen LogP) is 5.14. The fourth-order valence-electron chi connectivity index (χ4n) is 1.89. The van der Waals surface area contributed by atoms with Crippen molar-refractivity contribution in [3.63, 3.8) is 0 Å². The molecule has 0 bridgehead atoms. The van der Waals surface area contributed by atoms with Gasteiger partial charge >= 0.3 is 0 Å². The maximum absolute atomic E-state index is 13.4. The molecule has 0 saturated heterocycles. The topological polar surface area (TPSA) is 29.1 Å². The summed E-state index contributed by atoms with van der Waals surface area (Å²) in [5.41, 5.74) is 2.24. The Morgan fingerprint density at radius 2 is 1.71 bits per heavy atom. The molecule has 0 atom stereocenters. The Morgan fingerprint density at radius 1 is 1.10 bits per heavy atom. The zero-order valence-corrected chi connectivity index (χ0v) is 13.8. The molecule has 0 aliphatic heterocycles. The smallest absolute Gasteiger partial charge is 0.255 e. The Hall–Kier alpha value is -1.68. The summed E-state index contributed by atoms with van der Waals surface area (Å²) in [4.78, 5) is 12.1. The molecule has 0 spiro atoms. The van der Waals surface area contributed by atoms with Crippen LogP contribution in [0.5, 0.6) is 0 Å². The van der Waals surface area contributed by atoms with Gasteiger partial charge in [0.25, 0.3) is 5.91 Å². The van der Waals surface area contributed by atoms with Crippen molar-refractivity contribution < 1.29 is 9.18 Å². The largest absolute Gasteiger partial charge is 0.322 e. The van der Waals surface area contributed by atoms with Gasteiger partial charge in [-0.3, -0.25) is 4.79 Å². The van der Waals surface area contributed by atoms with E-state index in [0.29, 0.717) is 10.2 Å². The third kappa shape index (κ3) is 3.91. The third-order valence-electron chi connectivity index (χ3n) is 3.19. The number of hydrogen-bond acceptors (Lipinski definition) is 1. The molecular formula is C17H17BrFNO. The number of anilines is 1. The highest BCUT2D eigenvalue weighted by Crippen LogP contribution is 2.24. The standard InChI is InChI=1S/C17H17BrFNO/c1-17(2,3)12-5-7-13(8-6-12)20-16(21)11-4-9-14(18)15(19)10-11/h4-10H,1-3H3,(H,20,21). The molecule has 0 aliphatic carbocycles. The van der Waals surface area contributed by atoms with Crippen molar-refractivity contribution in [1.82, 2.24) is 0 Å². The van der Waals surface area contributed by atoms with Crippen LogP contribution < -0.4 is 5.32 Å². The van der Waals surface area contributed by atoms with Crippen molar-refractivity contribution in [2.45, 2.75) is 26.2 Å². The van der Waals surface area contributed by atoms with Crippen molar-refractivity contribution in [3.8, 4) is 0 Å². The molecule has 0 aliphatic rings. The summed E-state index contributed by atoms with van der Waals surface area (Å²) in [6.07, 6.45) is 0. The SMILES string of the molecule is CC(C)(C)c1ccc(NC(=O)c2ccc(Br)c(F)c2)cc1. The summed E-state index contributed by atoms with van der Waals surface area (Å²) in [5.74, 6) is -0.782. The lowest BCUT2D eigenvalue weighted by atomic mass is 9.87. The van der Waals surface area contributed by atoms with Gasteiger partial charge in [-0.05, 0) is 57.2 Å². The normalized spacial score (nSPS) is 11.3. The first-order valence-electron chi connectivity index (χ1n) is 6.64. The number of halogens is 2. The fraction of sp³-hybridized carbons (Fsp3) is 0.235. The van der Waals surface area contributed by atoms with Crippen molar-refractivity contribution in [3.05, 3.63) is 63.9 Å². The van der Waals surface area contributed by atoms with Crippen LogP contribution in [0, 0.1) is 5.82 Å². The van der Waals surface area contributed by atoms with E-state index in [0.717, 1.165) is 0 Å². The molecule has 2 nitrogen and oxygen atoms in total. The van der Waals surface area contributed by atoms with E-state index in [9.17, 15) is 9.18 Å². The van der Waals surface area contributed by atoms with E-state index in [1.54, 1.807) is 6.07 Å². The van der Waals surface area contributed by atoms with Crippen molar-refractivity contribution in [2.75, 3.05) is 5.32 Å². The fourth-order valence-corrected chi connectivity index (χ4v) is 2.14. The maximum Gasteiger partial charge on any atom is 0.255 e. The average Bonchev–Trinajstić information content (AvgIpc) is 2.41. The number of carbonyl (C=O) groups excluding carboxylic acids is 1. The molecule has 0 heterocycles. The van der Waals surface area contributed by atoms with Crippen LogP contribution in [0.3, 0.4) is 0 Å². The Labute approximate surface area is 132 Å². The molecule has 0 fully saturated rings. The highest BCUT2D eigenvalue weighted by Gasteiger charge is 2.14. The zero-order chi connectivity index (χ0) is 15.6. The minimum atomic E-state index is -0.453. The summed E-state index contributed by atoms with van der Waals surface area (Å²) < 4.78 is 13.8. The second kappa shape index (κ2) is 5.98. The highest BCUT2D eigenvalue weighted by molar-refractivity contribution is 9.10. The molecule has 0 aromatic heterocycles. The number of amides is 1. The number of benzene rings is 2. The van der Waals surface area contributed by atoms with Crippen LogP contribution in [0.25, 0.3) is 0 Å². The van der Waals surface area contributed by atoms with Crippen molar-refractivity contribution in [1.29, 1.82) is 0 Å². The molecule has 1 N–H and O–H groups in total. The van der Waals surface area contributed by atoms with Crippen LogP contribution in [-0.2, 0) is 5.41 Å². The van der Waals surface area contributed by atoms with E-state index in [1.165, 1.54) is 17.7 Å². The molecular weight excluding hydrogens is 333 g/mol. The first kappa shape index (κ1) is 15.7. The van der Waals surface area contributed by atoms with Gasteiger partial charge in [0.15, 0.2) is 0 Å². The van der Waals surface area contributed by atoms with E-state index in [-0.39, 0.29) is 16.9 Å². The number of hydrogen-bond donors (Lipinski definition) is 1. The van der Waals surface area contributed by atoms with E-state index in [1.807, 2.05) is 24.3 Å². The van der Waals surface area contributed by atoms with E-state index in [4.69, 9.17) is 0 Å². The number of rotatable bonds is 2. The van der Waals surface area contributed by atoms with E-state index in [2.05, 4.69) is 42.0 Å². The van der Waals surface area contributed by atoms with Crippen LogP contribution >= 0.6 is 15.9 Å². The lowest BCUT2D eigenvalue weighted by molar-refractivity contribution is 0.102. The molecule has 0 unspecified atom stereocenters. The minimum Gasteiger partial charge on any atom is -0.322 e. The summed E-state index contributed by atoms with van der Waals surface area (Å²) in [6.45, 7) is 6.39. The molecule has 1 amide bonds. The van der Waals surface area contributed by atoms with Gasteiger partial charge in [-0.2, -0.15) is 0 Å². The lowest BCUT2D eigenvalue weighted by Gasteiger charge is -2.19. The van der Waals surface area contributed by atoms with Crippen molar-refractivity contribution >= 4 is 27.5 Å². The van der Waals surface area contributed by atoms with Crippen molar-refractivity contribution in [2.24, 2.45) is 0 Å². The zero-order valence-electron chi connectivity index (χ0n) is 12.2. The van der Waals surface area contributed by atoms with Crippen LogP contribution in [0.4, 0.5) is 10.1 Å². The Balaban J connectivity index is 2.14. The van der Waals surface area contributed by atoms with Crippen LogP contribution in [-0.4, -0.2) is 5.91 Å². The summed E-state index contributed by atoms with van der Waals surface area (Å²) >= 11 is 3.07. The van der Waals surface area contributed by atoms with Gasteiger partial charge < -0.3 is 5.32 Å². The summed E-state index contributed by atoms with van der Waals surface area (Å²) in [5, 5.41) is 2.76. The maximum atomic E-state index is 13.4. The molecule has 2 aromatic carbocycles. The van der Waals surface area contributed by atoms with E-state index >= 15 is 0 Å². The molecule has 4 heteroatoms. The highest BCUT2D eigenvalue weighted by atomic mass is 79.9. The Morgan fingerprint density at radius 3 is 2.24 bits per heavy atom. The second-order valence-corrected chi connectivity index (χ2v) is 6.76. The van der Waals surface area contributed by atoms with E-state index < -0.39 is 5.82 Å². The third-order valence-corrected chi connectivity index (χ3v) is 3.83. The quantitative estimate of drug-likeness (QED) is 0.799. The molecule has 110 valence electrons. The molecule has 2 rings (SSSR count).